The summed E-state index contributed by atoms with van der Waals surface area (Å²) in [6.07, 6.45) is 1.11. The maximum Gasteiger partial charge on any atom is 0.0651 e. The van der Waals surface area contributed by atoms with Crippen molar-refractivity contribution in [1.29, 1.82) is 0 Å². The molecule has 1 aromatic carbocycles. The molecule has 0 radical (unpaired) electrons. The van der Waals surface area contributed by atoms with Crippen LogP contribution in [0.4, 0.5) is 0 Å². The first-order valence-corrected chi connectivity index (χ1v) is 6.26. The monoisotopic (exact) mass is 247 g/mol. The topological polar surface area (TPSA) is 12.0 Å². The largest absolute Gasteiger partial charge is 0.313 e. The van der Waals surface area contributed by atoms with Crippen LogP contribution in [0.1, 0.15) is 18.0 Å². The Morgan fingerprint density at radius 2 is 2.21 bits per heavy atom. The Hall–Kier alpha value is 0.110. The standard InChI is InChI=1S/C10H11Cl2NS/c1-13-7-4-5-14-8-3-2-6(11)10(12)9(7)8/h2-3,7,13H,4-5H2,1H3. The van der Waals surface area contributed by atoms with E-state index >= 15 is 0 Å². The van der Waals surface area contributed by atoms with E-state index in [-0.39, 0.29) is 0 Å². The first-order valence-electron chi connectivity index (χ1n) is 4.52. The summed E-state index contributed by atoms with van der Waals surface area (Å²) < 4.78 is 0. The zero-order chi connectivity index (χ0) is 10.1. The minimum Gasteiger partial charge on any atom is -0.313 e. The first kappa shape index (κ1) is 10.6. The maximum absolute atomic E-state index is 6.20. The fourth-order valence-electron chi connectivity index (χ4n) is 1.72. The van der Waals surface area contributed by atoms with Gasteiger partial charge in [0, 0.05) is 16.5 Å². The number of nitrogens with one attached hydrogen (secondary N) is 1. The Balaban J connectivity index is 2.53. The molecule has 0 saturated carbocycles. The van der Waals surface area contributed by atoms with Gasteiger partial charge in [-0.2, -0.15) is 0 Å². The molecule has 1 aliphatic rings. The van der Waals surface area contributed by atoms with Crippen molar-refractivity contribution in [1.82, 2.24) is 5.32 Å². The second kappa shape index (κ2) is 4.31. The van der Waals surface area contributed by atoms with Crippen LogP contribution in [0.5, 0.6) is 0 Å². The summed E-state index contributed by atoms with van der Waals surface area (Å²) in [6.45, 7) is 0. The van der Waals surface area contributed by atoms with Gasteiger partial charge in [0.2, 0.25) is 0 Å². The third-order valence-corrected chi connectivity index (χ3v) is 4.38. The Morgan fingerprint density at radius 3 is 2.93 bits per heavy atom. The highest BCUT2D eigenvalue weighted by molar-refractivity contribution is 7.99. The summed E-state index contributed by atoms with van der Waals surface area (Å²) in [6, 6.07) is 4.27. The van der Waals surface area contributed by atoms with Crippen LogP contribution in [-0.4, -0.2) is 12.8 Å². The first-order chi connectivity index (χ1) is 6.74. The molecule has 0 aliphatic carbocycles. The molecule has 2 rings (SSSR count). The highest BCUT2D eigenvalue weighted by Gasteiger charge is 2.23. The van der Waals surface area contributed by atoms with Gasteiger partial charge in [-0.05, 0) is 31.4 Å². The molecular weight excluding hydrogens is 237 g/mol. The van der Waals surface area contributed by atoms with Gasteiger partial charge in [0.05, 0.1) is 10.0 Å². The smallest absolute Gasteiger partial charge is 0.0651 e. The molecular formula is C10H11Cl2NS. The number of fused-ring (bicyclic) bond motifs is 1. The van der Waals surface area contributed by atoms with E-state index in [1.54, 1.807) is 0 Å². The molecule has 0 fully saturated rings. The van der Waals surface area contributed by atoms with E-state index < -0.39 is 0 Å². The molecule has 1 nitrogen and oxygen atoms in total. The Labute approximate surface area is 98.2 Å². The van der Waals surface area contributed by atoms with Gasteiger partial charge in [-0.1, -0.05) is 23.2 Å². The van der Waals surface area contributed by atoms with Crippen molar-refractivity contribution in [3.8, 4) is 0 Å². The summed E-state index contributed by atoms with van der Waals surface area (Å²) in [7, 11) is 1.96. The van der Waals surface area contributed by atoms with Crippen molar-refractivity contribution in [2.45, 2.75) is 17.4 Å². The third-order valence-electron chi connectivity index (χ3n) is 2.45. The molecule has 1 heterocycles. The number of halogens is 2. The number of rotatable bonds is 1. The molecule has 0 spiro atoms. The van der Waals surface area contributed by atoms with E-state index in [0.29, 0.717) is 16.1 Å². The van der Waals surface area contributed by atoms with Crippen molar-refractivity contribution in [2.75, 3.05) is 12.8 Å². The molecule has 0 bridgehead atoms. The molecule has 1 atom stereocenters. The van der Waals surface area contributed by atoms with Gasteiger partial charge < -0.3 is 5.32 Å². The van der Waals surface area contributed by atoms with E-state index in [2.05, 4.69) is 11.4 Å². The lowest BCUT2D eigenvalue weighted by Crippen LogP contribution is -2.21. The van der Waals surface area contributed by atoms with Crippen LogP contribution in [0.15, 0.2) is 17.0 Å². The van der Waals surface area contributed by atoms with Crippen molar-refractivity contribution in [3.05, 3.63) is 27.7 Å². The lowest BCUT2D eigenvalue weighted by Gasteiger charge is -2.26. The summed E-state index contributed by atoms with van der Waals surface area (Å²) in [4.78, 5) is 1.25. The minimum absolute atomic E-state index is 0.345. The Bertz CT molecular complexity index is 354. The molecule has 0 aromatic heterocycles. The molecule has 76 valence electrons. The van der Waals surface area contributed by atoms with Crippen LogP contribution in [0.25, 0.3) is 0 Å². The van der Waals surface area contributed by atoms with E-state index in [1.165, 1.54) is 4.90 Å². The second-order valence-corrected chi connectivity index (χ2v) is 5.17. The molecule has 1 aromatic rings. The number of hydrogen-bond donors (Lipinski definition) is 1. The average molecular weight is 248 g/mol. The maximum atomic E-state index is 6.20. The highest BCUT2D eigenvalue weighted by atomic mass is 35.5. The zero-order valence-electron chi connectivity index (χ0n) is 7.81. The van der Waals surface area contributed by atoms with Gasteiger partial charge >= 0.3 is 0 Å². The van der Waals surface area contributed by atoms with Gasteiger partial charge in [-0.25, -0.2) is 0 Å². The summed E-state index contributed by atoms with van der Waals surface area (Å²) >= 11 is 14.0. The minimum atomic E-state index is 0.345. The third kappa shape index (κ3) is 1.76. The lowest BCUT2D eigenvalue weighted by atomic mass is 10.0. The zero-order valence-corrected chi connectivity index (χ0v) is 10.1. The Morgan fingerprint density at radius 1 is 1.43 bits per heavy atom. The van der Waals surface area contributed by atoms with E-state index in [4.69, 9.17) is 23.2 Å². The van der Waals surface area contributed by atoms with Crippen LogP contribution in [0, 0.1) is 0 Å². The SMILES string of the molecule is CNC1CCSc2ccc(Cl)c(Cl)c21. The fraction of sp³-hybridized carbons (Fsp3) is 0.400. The summed E-state index contributed by atoms with van der Waals surface area (Å²) in [5.74, 6) is 1.14. The predicted octanol–water partition coefficient (Wildman–Crippen LogP) is 3.75. The number of hydrogen-bond acceptors (Lipinski definition) is 2. The van der Waals surface area contributed by atoms with Gasteiger partial charge in [-0.3, -0.25) is 0 Å². The molecule has 0 saturated heterocycles. The van der Waals surface area contributed by atoms with Gasteiger partial charge in [-0.15, -0.1) is 11.8 Å². The summed E-state index contributed by atoms with van der Waals surface area (Å²) in [5, 5.41) is 4.62. The van der Waals surface area contributed by atoms with Gasteiger partial charge in [0.15, 0.2) is 0 Å². The second-order valence-electron chi connectivity index (χ2n) is 3.25. The highest BCUT2D eigenvalue weighted by Crippen LogP contribution is 2.42. The van der Waals surface area contributed by atoms with Crippen LogP contribution < -0.4 is 5.32 Å². The molecule has 0 amide bonds. The van der Waals surface area contributed by atoms with Crippen LogP contribution >= 0.6 is 35.0 Å². The molecule has 1 unspecified atom stereocenters. The van der Waals surface area contributed by atoms with Crippen molar-refractivity contribution < 1.29 is 0 Å². The van der Waals surface area contributed by atoms with E-state index in [1.807, 2.05) is 24.9 Å². The van der Waals surface area contributed by atoms with Crippen molar-refractivity contribution in [3.63, 3.8) is 0 Å². The van der Waals surface area contributed by atoms with Gasteiger partial charge in [0.1, 0.15) is 0 Å². The van der Waals surface area contributed by atoms with Crippen LogP contribution in [-0.2, 0) is 0 Å². The van der Waals surface area contributed by atoms with E-state index in [9.17, 15) is 0 Å². The van der Waals surface area contributed by atoms with Crippen LogP contribution in [0.3, 0.4) is 0 Å². The quantitative estimate of drug-likeness (QED) is 0.812. The number of benzene rings is 1. The molecule has 1 aliphatic heterocycles. The molecule has 1 N–H and O–H groups in total. The molecule has 4 heteroatoms. The van der Waals surface area contributed by atoms with E-state index in [0.717, 1.165) is 17.7 Å². The predicted molar refractivity (Wildman–Crippen MR) is 63.6 cm³/mol. The van der Waals surface area contributed by atoms with Crippen molar-refractivity contribution >= 4 is 35.0 Å². The number of thioether (sulfide) groups is 1. The van der Waals surface area contributed by atoms with Gasteiger partial charge in [0.25, 0.3) is 0 Å². The Kier molecular flexibility index (Phi) is 3.27. The van der Waals surface area contributed by atoms with Crippen molar-refractivity contribution in [2.24, 2.45) is 0 Å². The average Bonchev–Trinajstić information content (AvgIpc) is 2.23. The fourth-order valence-corrected chi connectivity index (χ4v) is 3.37. The normalized spacial score (nSPS) is 20.6. The summed E-state index contributed by atoms with van der Waals surface area (Å²) in [5.41, 5.74) is 1.16. The lowest BCUT2D eigenvalue weighted by molar-refractivity contribution is 0.565. The molecule has 14 heavy (non-hydrogen) atoms. The van der Waals surface area contributed by atoms with Crippen LogP contribution in [0.2, 0.25) is 10.0 Å².